The Morgan fingerprint density at radius 2 is 2.16 bits per heavy atom. The van der Waals surface area contributed by atoms with E-state index in [0.717, 1.165) is 43.1 Å². The molecule has 1 aliphatic rings. The quantitative estimate of drug-likeness (QED) is 0.786. The number of benzene rings is 1. The molecular formula is C17H22FN7. The van der Waals surface area contributed by atoms with Crippen molar-refractivity contribution in [2.75, 3.05) is 12.3 Å². The number of nitrogens with zero attached hydrogens (tertiary/aromatic N) is 6. The third-order valence-electron chi connectivity index (χ3n) is 4.94. The lowest BCUT2D eigenvalue weighted by Gasteiger charge is -2.22. The van der Waals surface area contributed by atoms with Crippen LogP contribution in [-0.2, 0) is 20.1 Å². The van der Waals surface area contributed by atoms with Crippen molar-refractivity contribution in [3.63, 3.8) is 0 Å². The lowest BCUT2D eigenvalue weighted by atomic mass is 10.2. The van der Waals surface area contributed by atoms with Crippen LogP contribution in [0.5, 0.6) is 0 Å². The van der Waals surface area contributed by atoms with E-state index >= 15 is 0 Å². The predicted molar refractivity (Wildman–Crippen MR) is 93.2 cm³/mol. The van der Waals surface area contributed by atoms with Crippen molar-refractivity contribution in [3.8, 4) is 0 Å². The number of para-hydroxylation sites is 1. The zero-order valence-electron chi connectivity index (χ0n) is 14.5. The Morgan fingerprint density at radius 1 is 1.32 bits per heavy atom. The van der Waals surface area contributed by atoms with Crippen molar-refractivity contribution >= 4 is 17.0 Å². The standard InChI is InChI=1S/C17H22FN7/c1-3-25-12-7-4-6-11(18)15(12)20-14(25)10-24-9-5-8-13(24)16-21-17(19)23(2)22-16/h4,6-7,13H,3,5,8-10H2,1-2H3,(H2,19,21,22). The minimum atomic E-state index is -0.275. The first-order chi connectivity index (χ1) is 12.1. The fraction of sp³-hybridized carbons (Fsp3) is 0.471. The van der Waals surface area contributed by atoms with E-state index in [1.54, 1.807) is 17.8 Å². The molecule has 1 fully saturated rings. The molecule has 0 saturated carbocycles. The summed E-state index contributed by atoms with van der Waals surface area (Å²) in [6, 6.07) is 5.23. The molecule has 0 aliphatic carbocycles. The molecule has 0 amide bonds. The van der Waals surface area contributed by atoms with Crippen molar-refractivity contribution in [1.82, 2.24) is 29.2 Å². The molecule has 1 saturated heterocycles. The highest BCUT2D eigenvalue weighted by Gasteiger charge is 2.31. The Hall–Kier alpha value is -2.48. The fourth-order valence-electron chi connectivity index (χ4n) is 3.68. The van der Waals surface area contributed by atoms with E-state index in [0.29, 0.717) is 18.0 Å². The monoisotopic (exact) mass is 343 g/mol. The number of anilines is 1. The maximum absolute atomic E-state index is 14.1. The molecule has 3 heterocycles. The number of nitrogen functional groups attached to an aromatic ring is 1. The van der Waals surface area contributed by atoms with Crippen molar-refractivity contribution in [1.29, 1.82) is 0 Å². The van der Waals surface area contributed by atoms with Crippen LogP contribution in [0.25, 0.3) is 11.0 Å². The van der Waals surface area contributed by atoms with Gasteiger partial charge in [-0.2, -0.15) is 10.1 Å². The van der Waals surface area contributed by atoms with Gasteiger partial charge in [-0.1, -0.05) is 6.07 Å². The molecule has 25 heavy (non-hydrogen) atoms. The summed E-state index contributed by atoms with van der Waals surface area (Å²) in [7, 11) is 1.80. The van der Waals surface area contributed by atoms with Crippen molar-refractivity contribution < 1.29 is 4.39 Å². The third-order valence-corrected chi connectivity index (χ3v) is 4.94. The third kappa shape index (κ3) is 2.66. The number of hydrogen-bond acceptors (Lipinski definition) is 5. The maximum atomic E-state index is 14.1. The first-order valence-electron chi connectivity index (χ1n) is 8.62. The molecule has 1 atom stereocenters. The first-order valence-corrected chi connectivity index (χ1v) is 8.62. The number of nitrogens with two attached hydrogens (primary N) is 1. The highest BCUT2D eigenvalue weighted by atomic mass is 19.1. The summed E-state index contributed by atoms with van der Waals surface area (Å²) in [5.74, 6) is 1.77. The average Bonchev–Trinajstić information content (AvgIpc) is 3.27. The summed E-state index contributed by atoms with van der Waals surface area (Å²) in [6.07, 6.45) is 2.06. The number of likely N-dealkylation sites (tertiary alicyclic amines) is 1. The number of halogens is 1. The Balaban J connectivity index is 1.67. The molecule has 3 aromatic rings. The van der Waals surface area contributed by atoms with Crippen LogP contribution in [-0.4, -0.2) is 35.8 Å². The van der Waals surface area contributed by atoms with E-state index in [1.807, 2.05) is 6.07 Å². The largest absolute Gasteiger partial charge is 0.368 e. The minimum absolute atomic E-state index is 0.124. The maximum Gasteiger partial charge on any atom is 0.218 e. The van der Waals surface area contributed by atoms with Gasteiger partial charge in [0.25, 0.3) is 0 Å². The van der Waals surface area contributed by atoms with Gasteiger partial charge in [-0.3, -0.25) is 4.90 Å². The summed E-state index contributed by atoms with van der Waals surface area (Å²) in [6.45, 7) is 4.39. The molecular weight excluding hydrogens is 321 g/mol. The highest BCUT2D eigenvalue weighted by Crippen LogP contribution is 2.32. The molecule has 7 nitrogen and oxygen atoms in total. The van der Waals surface area contributed by atoms with Gasteiger partial charge in [0.2, 0.25) is 5.95 Å². The zero-order valence-corrected chi connectivity index (χ0v) is 14.5. The summed E-state index contributed by atoms with van der Waals surface area (Å²) in [4.78, 5) is 11.3. The van der Waals surface area contributed by atoms with Gasteiger partial charge in [0.05, 0.1) is 18.1 Å². The van der Waals surface area contributed by atoms with E-state index in [1.165, 1.54) is 6.07 Å². The van der Waals surface area contributed by atoms with Gasteiger partial charge in [-0.05, 0) is 38.4 Å². The van der Waals surface area contributed by atoms with Crippen molar-refractivity contribution in [2.24, 2.45) is 7.05 Å². The summed E-state index contributed by atoms with van der Waals surface area (Å²) < 4.78 is 17.8. The normalized spacial score (nSPS) is 18.4. The van der Waals surface area contributed by atoms with Gasteiger partial charge in [-0.15, -0.1) is 0 Å². The number of hydrogen-bond donors (Lipinski definition) is 1. The summed E-state index contributed by atoms with van der Waals surface area (Å²) in [5, 5.41) is 4.44. The van der Waals surface area contributed by atoms with Crippen LogP contribution in [0.15, 0.2) is 18.2 Å². The van der Waals surface area contributed by atoms with E-state index in [2.05, 4.69) is 31.5 Å². The highest BCUT2D eigenvalue weighted by molar-refractivity contribution is 5.76. The smallest absolute Gasteiger partial charge is 0.218 e. The molecule has 132 valence electrons. The number of imidazole rings is 1. The Bertz CT molecular complexity index is 894. The number of aryl methyl sites for hydroxylation is 2. The molecule has 2 N–H and O–H groups in total. The van der Waals surface area contributed by atoms with Crippen molar-refractivity contribution in [3.05, 3.63) is 35.7 Å². The number of fused-ring (bicyclic) bond motifs is 1. The molecule has 0 radical (unpaired) electrons. The lowest BCUT2D eigenvalue weighted by Crippen LogP contribution is -2.25. The molecule has 1 unspecified atom stereocenters. The number of rotatable bonds is 4. The predicted octanol–water partition coefficient (Wildman–Crippen LogP) is 2.24. The van der Waals surface area contributed by atoms with E-state index < -0.39 is 0 Å². The van der Waals surface area contributed by atoms with Gasteiger partial charge in [-0.25, -0.2) is 14.1 Å². The second-order valence-electron chi connectivity index (χ2n) is 6.46. The number of aromatic nitrogens is 5. The SMILES string of the molecule is CCn1c(CN2CCCC2c2nc(N)n(C)n2)nc2c(F)cccc21. The molecule has 0 spiro atoms. The molecule has 0 bridgehead atoms. The van der Waals surface area contributed by atoms with Crippen LogP contribution < -0.4 is 5.73 Å². The zero-order chi connectivity index (χ0) is 17.6. The average molecular weight is 343 g/mol. The van der Waals surface area contributed by atoms with Crippen LogP contribution in [0, 0.1) is 5.82 Å². The van der Waals surface area contributed by atoms with Gasteiger partial charge in [0.15, 0.2) is 11.6 Å². The van der Waals surface area contributed by atoms with Crippen LogP contribution in [0.1, 0.15) is 37.5 Å². The summed E-state index contributed by atoms with van der Waals surface area (Å²) in [5.41, 5.74) is 7.11. The second kappa shape index (κ2) is 6.11. The van der Waals surface area contributed by atoms with Crippen LogP contribution in [0.4, 0.5) is 10.3 Å². The fourth-order valence-corrected chi connectivity index (χ4v) is 3.68. The molecule has 1 aromatic carbocycles. The Labute approximate surface area is 145 Å². The van der Waals surface area contributed by atoms with Gasteiger partial charge in [0.1, 0.15) is 11.3 Å². The van der Waals surface area contributed by atoms with Gasteiger partial charge in [0, 0.05) is 13.6 Å². The van der Waals surface area contributed by atoms with Gasteiger partial charge < -0.3 is 10.3 Å². The van der Waals surface area contributed by atoms with E-state index in [4.69, 9.17) is 5.73 Å². The Morgan fingerprint density at radius 3 is 2.88 bits per heavy atom. The van der Waals surface area contributed by atoms with Gasteiger partial charge >= 0.3 is 0 Å². The van der Waals surface area contributed by atoms with Crippen LogP contribution in [0.2, 0.25) is 0 Å². The van der Waals surface area contributed by atoms with E-state index in [-0.39, 0.29) is 11.9 Å². The van der Waals surface area contributed by atoms with Crippen LogP contribution >= 0.6 is 0 Å². The second-order valence-corrected chi connectivity index (χ2v) is 6.46. The topological polar surface area (TPSA) is 77.8 Å². The summed E-state index contributed by atoms with van der Waals surface area (Å²) >= 11 is 0. The molecule has 2 aromatic heterocycles. The lowest BCUT2D eigenvalue weighted by molar-refractivity contribution is 0.231. The van der Waals surface area contributed by atoms with Crippen LogP contribution in [0.3, 0.4) is 0 Å². The molecule has 8 heteroatoms. The van der Waals surface area contributed by atoms with Crippen molar-refractivity contribution in [2.45, 2.75) is 38.9 Å². The molecule has 4 rings (SSSR count). The first kappa shape index (κ1) is 16.0. The van der Waals surface area contributed by atoms with E-state index in [9.17, 15) is 4.39 Å². The Kier molecular flexibility index (Phi) is 3.91. The minimum Gasteiger partial charge on any atom is -0.368 e. The molecule has 1 aliphatic heterocycles.